The highest BCUT2D eigenvalue weighted by atomic mass is 32.1. The van der Waals surface area contributed by atoms with Crippen molar-refractivity contribution >= 4 is 22.2 Å². The Morgan fingerprint density at radius 1 is 1.08 bits per heavy atom. The molecule has 1 heterocycles. The van der Waals surface area contributed by atoms with Crippen LogP contribution in [0.1, 0.15) is 38.5 Å². The molecular formula is C19H21N3O2S. The average Bonchev–Trinajstić information content (AvgIpc) is 3.01. The topological polar surface area (TPSA) is 68.1 Å². The zero-order chi connectivity index (χ0) is 17.0. The summed E-state index contributed by atoms with van der Waals surface area (Å²) in [7, 11) is 0. The number of thiazole rings is 1. The molecule has 0 spiro atoms. The van der Waals surface area contributed by atoms with Gasteiger partial charge in [-0.1, -0.05) is 0 Å². The minimum atomic E-state index is -0.370. The van der Waals surface area contributed by atoms with Crippen molar-refractivity contribution in [3.05, 3.63) is 39.8 Å². The van der Waals surface area contributed by atoms with Crippen LogP contribution in [0.3, 0.4) is 0 Å². The molecule has 0 radical (unpaired) electrons. The van der Waals surface area contributed by atoms with Crippen LogP contribution in [0.25, 0.3) is 11.3 Å². The summed E-state index contributed by atoms with van der Waals surface area (Å²) in [6.07, 6.45) is 8.20. The third kappa shape index (κ3) is 2.72. The summed E-state index contributed by atoms with van der Waals surface area (Å²) < 4.78 is 0. The summed E-state index contributed by atoms with van der Waals surface area (Å²) in [5, 5.41) is 17.6. The Labute approximate surface area is 150 Å². The van der Waals surface area contributed by atoms with Gasteiger partial charge >= 0.3 is 0 Å². The first-order valence-corrected chi connectivity index (χ1v) is 9.95. The van der Waals surface area contributed by atoms with Gasteiger partial charge < -0.3 is 5.32 Å². The maximum absolute atomic E-state index is 10.8. The number of nitrogens with zero attached hydrogens (tertiary/aromatic N) is 2. The van der Waals surface area contributed by atoms with Crippen LogP contribution in [0.4, 0.5) is 10.8 Å². The standard InChI is InChI=1S/C19H21N3O2S/c23-22(24)16-3-1-15(2-4-16)17-11-25-18(20-17)21-19-8-12-5-13(9-19)7-14(6-12)10-19/h1-4,11-14H,5-10H2,(H,20,21). The Balaban J connectivity index is 1.35. The van der Waals surface area contributed by atoms with Crippen LogP contribution in [0.2, 0.25) is 0 Å². The van der Waals surface area contributed by atoms with E-state index in [9.17, 15) is 10.1 Å². The van der Waals surface area contributed by atoms with Crippen LogP contribution < -0.4 is 5.32 Å². The molecule has 1 aromatic heterocycles. The van der Waals surface area contributed by atoms with Gasteiger partial charge in [-0.2, -0.15) is 0 Å². The maximum Gasteiger partial charge on any atom is 0.269 e. The van der Waals surface area contributed by atoms with E-state index in [0.29, 0.717) is 0 Å². The molecule has 6 rings (SSSR count). The van der Waals surface area contributed by atoms with Gasteiger partial charge in [0, 0.05) is 28.6 Å². The van der Waals surface area contributed by atoms with Crippen molar-refractivity contribution in [2.75, 3.05) is 5.32 Å². The van der Waals surface area contributed by atoms with Crippen LogP contribution in [-0.2, 0) is 0 Å². The fraction of sp³-hybridized carbons (Fsp3) is 0.526. The maximum atomic E-state index is 10.8. The van der Waals surface area contributed by atoms with E-state index in [1.54, 1.807) is 35.6 Å². The van der Waals surface area contributed by atoms with Gasteiger partial charge in [-0.25, -0.2) is 4.98 Å². The molecule has 4 bridgehead atoms. The van der Waals surface area contributed by atoms with Gasteiger partial charge in [0.15, 0.2) is 5.13 Å². The molecule has 2 aromatic rings. The molecule has 25 heavy (non-hydrogen) atoms. The van der Waals surface area contributed by atoms with Crippen molar-refractivity contribution in [2.24, 2.45) is 17.8 Å². The second kappa shape index (κ2) is 5.53. The minimum absolute atomic E-state index is 0.117. The lowest BCUT2D eigenvalue weighted by Gasteiger charge is -2.56. The number of benzene rings is 1. The van der Waals surface area contributed by atoms with Crippen LogP contribution in [0.5, 0.6) is 0 Å². The molecule has 4 aliphatic rings. The Hall–Kier alpha value is -1.95. The van der Waals surface area contributed by atoms with E-state index in [1.165, 1.54) is 38.5 Å². The summed E-state index contributed by atoms with van der Waals surface area (Å²) in [5.74, 6) is 2.73. The molecule has 0 aliphatic heterocycles. The first-order chi connectivity index (χ1) is 12.1. The molecule has 1 N–H and O–H groups in total. The van der Waals surface area contributed by atoms with Gasteiger partial charge in [0.1, 0.15) is 0 Å². The van der Waals surface area contributed by atoms with E-state index in [-0.39, 0.29) is 16.1 Å². The van der Waals surface area contributed by atoms with Gasteiger partial charge in [0.2, 0.25) is 0 Å². The molecule has 4 saturated carbocycles. The summed E-state index contributed by atoms with van der Waals surface area (Å²) in [5.41, 5.74) is 2.21. The largest absolute Gasteiger partial charge is 0.356 e. The third-order valence-corrected chi connectivity index (χ3v) is 7.05. The molecule has 0 unspecified atom stereocenters. The lowest BCUT2D eigenvalue weighted by atomic mass is 9.53. The van der Waals surface area contributed by atoms with E-state index in [4.69, 9.17) is 4.98 Å². The molecule has 0 atom stereocenters. The number of non-ortho nitro benzene ring substituents is 1. The monoisotopic (exact) mass is 355 g/mol. The first kappa shape index (κ1) is 15.3. The van der Waals surface area contributed by atoms with Crippen molar-refractivity contribution in [3.63, 3.8) is 0 Å². The lowest BCUT2D eigenvalue weighted by molar-refractivity contribution is -0.384. The predicted molar refractivity (Wildman–Crippen MR) is 98.7 cm³/mol. The smallest absolute Gasteiger partial charge is 0.269 e. The Morgan fingerprint density at radius 2 is 1.68 bits per heavy atom. The molecule has 5 nitrogen and oxygen atoms in total. The number of nitro groups is 1. The Bertz CT molecular complexity index is 779. The minimum Gasteiger partial charge on any atom is -0.356 e. The van der Waals surface area contributed by atoms with E-state index >= 15 is 0 Å². The second-order valence-electron chi connectivity index (χ2n) is 8.16. The average molecular weight is 355 g/mol. The number of anilines is 1. The van der Waals surface area contributed by atoms with E-state index in [1.807, 2.05) is 5.38 Å². The first-order valence-electron chi connectivity index (χ1n) is 9.07. The van der Waals surface area contributed by atoms with Gasteiger partial charge in [-0.15, -0.1) is 11.3 Å². The second-order valence-corrected chi connectivity index (χ2v) is 9.02. The van der Waals surface area contributed by atoms with Gasteiger partial charge in [-0.3, -0.25) is 10.1 Å². The quantitative estimate of drug-likeness (QED) is 0.612. The predicted octanol–water partition coefficient (Wildman–Crippen LogP) is 5.10. The number of rotatable bonds is 4. The number of nitro benzene ring substituents is 1. The lowest BCUT2D eigenvalue weighted by Crippen LogP contribution is -2.54. The van der Waals surface area contributed by atoms with Gasteiger partial charge in [0.05, 0.1) is 10.6 Å². The molecule has 0 amide bonds. The number of nitrogens with one attached hydrogen (secondary N) is 1. The van der Waals surface area contributed by atoms with E-state index in [0.717, 1.165) is 34.1 Å². The van der Waals surface area contributed by atoms with Gasteiger partial charge in [-0.05, 0) is 68.4 Å². The third-order valence-electron chi connectivity index (χ3n) is 6.29. The summed E-state index contributed by atoms with van der Waals surface area (Å²) in [6, 6.07) is 6.64. The Morgan fingerprint density at radius 3 is 2.24 bits per heavy atom. The zero-order valence-corrected chi connectivity index (χ0v) is 14.8. The van der Waals surface area contributed by atoms with Crippen LogP contribution in [0.15, 0.2) is 29.6 Å². The van der Waals surface area contributed by atoms with E-state index < -0.39 is 0 Å². The number of hydrogen-bond donors (Lipinski definition) is 1. The van der Waals surface area contributed by atoms with E-state index in [2.05, 4.69) is 5.32 Å². The van der Waals surface area contributed by atoms with Gasteiger partial charge in [0.25, 0.3) is 5.69 Å². The molecule has 1 aromatic carbocycles. The zero-order valence-electron chi connectivity index (χ0n) is 14.0. The van der Waals surface area contributed by atoms with Crippen LogP contribution in [0, 0.1) is 27.9 Å². The summed E-state index contributed by atoms with van der Waals surface area (Å²) >= 11 is 1.65. The number of aromatic nitrogens is 1. The van der Waals surface area contributed by atoms with Crippen molar-refractivity contribution < 1.29 is 4.92 Å². The summed E-state index contributed by atoms with van der Waals surface area (Å²) in [6.45, 7) is 0. The molecular weight excluding hydrogens is 334 g/mol. The normalized spacial score (nSPS) is 32.7. The molecule has 6 heteroatoms. The Kier molecular flexibility index (Phi) is 3.39. The molecule has 0 saturated heterocycles. The SMILES string of the molecule is O=[N+]([O-])c1ccc(-c2csc(NC34CC5CC(CC(C5)C3)C4)n2)cc1. The highest BCUT2D eigenvalue weighted by Gasteiger charge is 2.51. The van der Waals surface area contributed by atoms with Crippen molar-refractivity contribution in [2.45, 2.75) is 44.1 Å². The van der Waals surface area contributed by atoms with Crippen molar-refractivity contribution in [1.29, 1.82) is 0 Å². The molecule has 4 aliphatic carbocycles. The number of hydrogen-bond acceptors (Lipinski definition) is 5. The highest BCUT2D eigenvalue weighted by molar-refractivity contribution is 7.14. The van der Waals surface area contributed by atoms with Crippen molar-refractivity contribution in [1.82, 2.24) is 4.98 Å². The van der Waals surface area contributed by atoms with Crippen molar-refractivity contribution in [3.8, 4) is 11.3 Å². The van der Waals surface area contributed by atoms with Crippen LogP contribution in [-0.4, -0.2) is 15.4 Å². The molecule has 130 valence electrons. The fourth-order valence-corrected chi connectivity index (χ4v) is 6.55. The van der Waals surface area contributed by atoms with Crippen LogP contribution >= 0.6 is 11.3 Å². The molecule has 4 fully saturated rings. The fourth-order valence-electron chi connectivity index (χ4n) is 5.71. The summed E-state index contributed by atoms with van der Waals surface area (Å²) in [4.78, 5) is 15.2. The highest BCUT2D eigenvalue weighted by Crippen LogP contribution is 2.56.